The van der Waals surface area contributed by atoms with Gasteiger partial charge >= 0.3 is 5.97 Å². The van der Waals surface area contributed by atoms with E-state index in [2.05, 4.69) is 59.0 Å². The monoisotopic (exact) mass is 276 g/mol. The van der Waals surface area contributed by atoms with Gasteiger partial charge in [0.25, 0.3) is 0 Å². The molecule has 1 unspecified atom stereocenters. The Kier molecular flexibility index (Phi) is 3.38. The SMILES string of the molecule is CC1CC(=O)Oc2cc([Si](C)(C)C(C)(C)C)ccc21. The fourth-order valence-corrected chi connectivity index (χ4v) is 4.23. The van der Waals surface area contributed by atoms with Crippen molar-refractivity contribution in [3.05, 3.63) is 23.8 Å². The Bertz CT molecular complexity index is 512. The smallest absolute Gasteiger partial charge is 0.311 e. The predicted octanol–water partition coefficient (Wildman–Crippen LogP) is 3.81. The molecule has 0 bridgehead atoms. The van der Waals surface area contributed by atoms with E-state index in [1.54, 1.807) is 0 Å². The third-order valence-electron chi connectivity index (χ3n) is 4.84. The highest BCUT2D eigenvalue weighted by Crippen LogP contribution is 2.38. The molecule has 0 N–H and O–H groups in total. The van der Waals surface area contributed by atoms with Crippen LogP contribution in [0.5, 0.6) is 5.75 Å². The lowest BCUT2D eigenvalue weighted by Gasteiger charge is -2.38. The Morgan fingerprint density at radius 3 is 2.47 bits per heavy atom. The molecule has 1 aliphatic heterocycles. The first-order valence-corrected chi connectivity index (χ1v) is 9.98. The van der Waals surface area contributed by atoms with E-state index < -0.39 is 8.07 Å². The minimum Gasteiger partial charge on any atom is -0.426 e. The molecule has 1 heterocycles. The first kappa shape index (κ1) is 14.3. The van der Waals surface area contributed by atoms with Crippen LogP contribution in [0.3, 0.4) is 0 Å². The van der Waals surface area contributed by atoms with Crippen molar-refractivity contribution in [1.82, 2.24) is 0 Å². The largest absolute Gasteiger partial charge is 0.426 e. The van der Waals surface area contributed by atoms with Crippen molar-refractivity contribution < 1.29 is 9.53 Å². The number of hydrogen-bond acceptors (Lipinski definition) is 2. The van der Waals surface area contributed by atoms with E-state index in [1.807, 2.05) is 0 Å². The van der Waals surface area contributed by atoms with Gasteiger partial charge in [0.2, 0.25) is 0 Å². The summed E-state index contributed by atoms with van der Waals surface area (Å²) in [4.78, 5) is 11.6. The molecule has 3 heteroatoms. The summed E-state index contributed by atoms with van der Waals surface area (Å²) in [5.41, 5.74) is 1.17. The third-order valence-corrected chi connectivity index (χ3v) is 10.3. The Balaban J connectivity index is 2.47. The highest BCUT2D eigenvalue weighted by atomic mass is 28.3. The average molecular weight is 276 g/mol. The molecule has 2 nitrogen and oxygen atoms in total. The topological polar surface area (TPSA) is 26.3 Å². The van der Waals surface area contributed by atoms with Crippen LogP contribution in [0.15, 0.2) is 18.2 Å². The van der Waals surface area contributed by atoms with Crippen LogP contribution >= 0.6 is 0 Å². The number of benzene rings is 1. The summed E-state index contributed by atoms with van der Waals surface area (Å²) in [7, 11) is -1.58. The van der Waals surface area contributed by atoms with Gasteiger partial charge in [0, 0.05) is 0 Å². The van der Waals surface area contributed by atoms with Gasteiger partial charge in [-0.05, 0) is 22.6 Å². The second kappa shape index (κ2) is 4.48. The lowest BCUT2D eigenvalue weighted by Crippen LogP contribution is -2.49. The molecule has 0 aromatic heterocycles. The van der Waals surface area contributed by atoms with E-state index in [1.165, 1.54) is 10.8 Å². The van der Waals surface area contributed by atoms with Crippen molar-refractivity contribution in [2.75, 3.05) is 0 Å². The van der Waals surface area contributed by atoms with Gasteiger partial charge < -0.3 is 4.74 Å². The molecule has 1 aromatic rings. The van der Waals surface area contributed by atoms with Gasteiger partial charge in [0.15, 0.2) is 0 Å². The van der Waals surface area contributed by atoms with E-state index in [0.717, 1.165) is 5.75 Å². The molecule has 0 radical (unpaired) electrons. The van der Waals surface area contributed by atoms with E-state index in [9.17, 15) is 4.79 Å². The quantitative estimate of drug-likeness (QED) is 0.443. The minimum absolute atomic E-state index is 0.104. The van der Waals surface area contributed by atoms with Crippen LogP contribution in [0.4, 0.5) is 0 Å². The second-order valence-corrected chi connectivity index (χ2v) is 12.5. The average Bonchev–Trinajstić information content (AvgIpc) is 2.26. The molecule has 0 fully saturated rings. The summed E-state index contributed by atoms with van der Waals surface area (Å²) in [5, 5.41) is 1.64. The molecular formula is C16H24O2Si. The summed E-state index contributed by atoms with van der Waals surface area (Å²) in [6.07, 6.45) is 0.492. The lowest BCUT2D eigenvalue weighted by molar-refractivity contribution is -0.135. The molecular weight excluding hydrogens is 252 g/mol. The Hall–Kier alpha value is -1.09. The number of ether oxygens (including phenoxy) is 1. The maximum absolute atomic E-state index is 11.6. The van der Waals surface area contributed by atoms with Gasteiger partial charge in [0.1, 0.15) is 5.75 Å². The maximum atomic E-state index is 11.6. The zero-order valence-electron chi connectivity index (χ0n) is 12.8. The fraction of sp³-hybridized carbons (Fsp3) is 0.562. The maximum Gasteiger partial charge on any atom is 0.311 e. The molecule has 0 aliphatic carbocycles. The van der Waals surface area contributed by atoms with Crippen LogP contribution in [0.25, 0.3) is 0 Å². The Morgan fingerprint density at radius 1 is 1.26 bits per heavy atom. The minimum atomic E-state index is -1.58. The van der Waals surface area contributed by atoms with Crippen molar-refractivity contribution in [1.29, 1.82) is 0 Å². The standard InChI is InChI=1S/C16H24O2Si/c1-11-9-15(17)18-14-10-12(7-8-13(11)14)19(5,6)16(2,3)4/h7-8,10-11H,9H2,1-6H3. The first-order chi connectivity index (χ1) is 8.63. The van der Waals surface area contributed by atoms with Crippen LogP contribution < -0.4 is 9.92 Å². The van der Waals surface area contributed by atoms with Gasteiger partial charge in [-0.15, -0.1) is 0 Å². The number of carbonyl (C=O) groups is 1. The summed E-state index contributed by atoms with van der Waals surface area (Å²) in [6, 6.07) is 6.51. The van der Waals surface area contributed by atoms with Gasteiger partial charge in [-0.1, -0.05) is 58.1 Å². The summed E-state index contributed by atoms with van der Waals surface area (Å²) >= 11 is 0. The first-order valence-electron chi connectivity index (χ1n) is 6.98. The van der Waals surface area contributed by atoms with Crippen molar-refractivity contribution in [3.63, 3.8) is 0 Å². The number of esters is 1. The summed E-state index contributed by atoms with van der Waals surface area (Å²) < 4.78 is 5.43. The molecule has 1 atom stereocenters. The number of fused-ring (bicyclic) bond motifs is 1. The van der Waals surface area contributed by atoms with Crippen molar-refractivity contribution in [2.24, 2.45) is 0 Å². The molecule has 19 heavy (non-hydrogen) atoms. The van der Waals surface area contributed by atoms with E-state index in [-0.39, 0.29) is 16.9 Å². The molecule has 0 amide bonds. The van der Waals surface area contributed by atoms with Crippen LogP contribution in [0.1, 0.15) is 45.6 Å². The molecule has 0 saturated heterocycles. The van der Waals surface area contributed by atoms with Crippen LogP contribution in [0.2, 0.25) is 18.1 Å². The number of carbonyl (C=O) groups excluding carboxylic acids is 1. The molecule has 0 saturated carbocycles. The van der Waals surface area contributed by atoms with Gasteiger partial charge in [-0.3, -0.25) is 4.79 Å². The van der Waals surface area contributed by atoms with Crippen LogP contribution in [-0.4, -0.2) is 14.0 Å². The molecule has 0 spiro atoms. The summed E-state index contributed by atoms with van der Waals surface area (Å²) in [5.74, 6) is 0.947. The van der Waals surface area contributed by atoms with Crippen molar-refractivity contribution in [3.8, 4) is 5.75 Å². The van der Waals surface area contributed by atoms with Gasteiger partial charge in [-0.2, -0.15) is 0 Å². The van der Waals surface area contributed by atoms with E-state index in [0.29, 0.717) is 6.42 Å². The molecule has 1 aliphatic rings. The zero-order valence-corrected chi connectivity index (χ0v) is 13.8. The van der Waals surface area contributed by atoms with Gasteiger partial charge in [0.05, 0.1) is 14.5 Å². The second-order valence-electron chi connectivity index (χ2n) is 7.21. The molecule has 104 valence electrons. The van der Waals surface area contributed by atoms with E-state index in [4.69, 9.17) is 4.74 Å². The van der Waals surface area contributed by atoms with Crippen LogP contribution in [0, 0.1) is 0 Å². The van der Waals surface area contributed by atoms with Crippen molar-refractivity contribution >= 4 is 19.2 Å². The highest BCUT2D eigenvalue weighted by Gasteiger charge is 2.37. The Labute approximate surface area is 117 Å². The fourth-order valence-electron chi connectivity index (χ4n) is 2.38. The van der Waals surface area contributed by atoms with E-state index >= 15 is 0 Å². The zero-order chi connectivity index (χ0) is 14.4. The molecule has 1 aromatic carbocycles. The summed E-state index contributed by atoms with van der Waals surface area (Å²) in [6.45, 7) is 13.7. The van der Waals surface area contributed by atoms with Gasteiger partial charge in [-0.25, -0.2) is 0 Å². The molecule has 2 rings (SSSR count). The number of rotatable bonds is 1. The predicted molar refractivity (Wildman–Crippen MR) is 81.9 cm³/mol. The third kappa shape index (κ3) is 2.48. The number of hydrogen-bond donors (Lipinski definition) is 0. The van der Waals surface area contributed by atoms with Crippen molar-refractivity contribution in [2.45, 2.75) is 58.2 Å². The Morgan fingerprint density at radius 2 is 1.89 bits per heavy atom. The highest BCUT2D eigenvalue weighted by molar-refractivity contribution is 6.92. The lowest BCUT2D eigenvalue weighted by atomic mass is 9.95. The normalized spacial score (nSPS) is 19.9. The van der Waals surface area contributed by atoms with Crippen LogP contribution in [-0.2, 0) is 4.79 Å².